The van der Waals surface area contributed by atoms with E-state index in [0.717, 1.165) is 54.6 Å². The van der Waals surface area contributed by atoms with E-state index in [9.17, 15) is 0 Å². The van der Waals surface area contributed by atoms with Crippen LogP contribution in [0.1, 0.15) is 43.7 Å². The van der Waals surface area contributed by atoms with Crippen molar-refractivity contribution in [2.45, 2.75) is 45.2 Å². The molecule has 0 bridgehead atoms. The minimum absolute atomic E-state index is 0.422. The lowest BCUT2D eigenvalue weighted by molar-refractivity contribution is 0.173. The molecule has 0 aromatic heterocycles. The van der Waals surface area contributed by atoms with Crippen LogP contribution in [0.15, 0.2) is 48.5 Å². The zero-order valence-electron chi connectivity index (χ0n) is 18.0. The number of piperidine rings is 1. The highest BCUT2D eigenvalue weighted by molar-refractivity contribution is 7.80. The highest BCUT2D eigenvalue weighted by atomic mass is 32.1. The van der Waals surface area contributed by atoms with Crippen LogP contribution >= 0.6 is 12.2 Å². The average Bonchev–Trinajstić information content (AvgIpc) is 2.73. The number of methoxy groups -OCH3 is 1. The number of anilines is 1. The van der Waals surface area contributed by atoms with Gasteiger partial charge in [-0.1, -0.05) is 44.2 Å². The van der Waals surface area contributed by atoms with Gasteiger partial charge in [0.2, 0.25) is 0 Å². The van der Waals surface area contributed by atoms with E-state index in [4.69, 9.17) is 17.0 Å². The number of likely N-dealkylation sites (tertiary alicyclic amines) is 1. The fourth-order valence-corrected chi connectivity index (χ4v) is 4.17. The molecule has 1 aliphatic heterocycles. The molecule has 1 N–H and O–H groups in total. The number of benzene rings is 2. The van der Waals surface area contributed by atoms with Gasteiger partial charge >= 0.3 is 0 Å². The van der Waals surface area contributed by atoms with Crippen molar-refractivity contribution >= 4 is 23.0 Å². The number of rotatable bonds is 6. The van der Waals surface area contributed by atoms with E-state index < -0.39 is 0 Å². The zero-order valence-corrected chi connectivity index (χ0v) is 18.8. The largest absolute Gasteiger partial charge is 0.496 e. The predicted molar refractivity (Wildman–Crippen MR) is 126 cm³/mol. The molecule has 1 heterocycles. The van der Waals surface area contributed by atoms with Gasteiger partial charge in [0.15, 0.2) is 5.11 Å². The lowest BCUT2D eigenvalue weighted by Crippen LogP contribution is -2.47. The first-order valence-corrected chi connectivity index (χ1v) is 10.9. The second kappa shape index (κ2) is 10.1. The number of hydrogen-bond donors (Lipinski definition) is 1. The van der Waals surface area contributed by atoms with Gasteiger partial charge in [0, 0.05) is 23.8 Å². The summed E-state index contributed by atoms with van der Waals surface area (Å²) >= 11 is 5.89. The summed E-state index contributed by atoms with van der Waals surface area (Å²) in [6, 6.07) is 17.2. The Labute approximate surface area is 180 Å². The van der Waals surface area contributed by atoms with Gasteiger partial charge in [0.1, 0.15) is 5.75 Å². The smallest absolute Gasteiger partial charge is 0.173 e. The van der Waals surface area contributed by atoms with Gasteiger partial charge in [0.25, 0.3) is 0 Å². The molecule has 1 saturated heterocycles. The monoisotopic (exact) mass is 411 g/mol. The van der Waals surface area contributed by atoms with Crippen LogP contribution in [-0.2, 0) is 6.54 Å². The Hall–Kier alpha value is -2.11. The molecular weight excluding hydrogens is 378 g/mol. The van der Waals surface area contributed by atoms with Crippen LogP contribution < -0.4 is 10.1 Å². The first-order valence-electron chi connectivity index (χ1n) is 10.5. The highest BCUT2D eigenvalue weighted by Gasteiger charge is 2.26. The van der Waals surface area contributed by atoms with E-state index in [-0.39, 0.29) is 0 Å². The fourth-order valence-electron chi connectivity index (χ4n) is 3.84. The standard InChI is InChI=1S/C24H33N3OS/c1-18(2)19-9-11-21(12-10-19)25-24(29)27(22-13-15-26(3)16-14-22)17-20-7-5-6-8-23(20)28-4/h5-12,18,22H,13-17H2,1-4H3,(H,25,29). The number of thiocarbonyl (C=S) groups is 1. The molecule has 1 fully saturated rings. The lowest BCUT2D eigenvalue weighted by atomic mass is 10.0. The summed E-state index contributed by atoms with van der Waals surface area (Å²) < 4.78 is 5.59. The fraction of sp³-hybridized carbons (Fsp3) is 0.458. The predicted octanol–water partition coefficient (Wildman–Crippen LogP) is 5.11. The van der Waals surface area contributed by atoms with Crippen LogP contribution in [0.2, 0.25) is 0 Å². The molecule has 0 spiro atoms. The van der Waals surface area contributed by atoms with Gasteiger partial charge in [-0.2, -0.15) is 0 Å². The normalized spacial score (nSPS) is 15.3. The second-order valence-corrected chi connectivity index (χ2v) is 8.57. The molecule has 0 atom stereocenters. The van der Waals surface area contributed by atoms with Crippen molar-refractivity contribution in [2.24, 2.45) is 0 Å². The molecular formula is C24H33N3OS. The Bertz CT molecular complexity index is 798. The van der Waals surface area contributed by atoms with Gasteiger partial charge in [0.05, 0.1) is 7.11 Å². The van der Waals surface area contributed by atoms with E-state index in [2.05, 4.69) is 72.4 Å². The molecule has 0 saturated carbocycles. The first-order chi connectivity index (χ1) is 14.0. The maximum atomic E-state index is 5.89. The van der Waals surface area contributed by atoms with Crippen molar-refractivity contribution in [3.8, 4) is 5.75 Å². The molecule has 0 unspecified atom stereocenters. The summed E-state index contributed by atoms with van der Waals surface area (Å²) in [6.45, 7) is 7.36. The second-order valence-electron chi connectivity index (χ2n) is 8.18. The number of nitrogens with one attached hydrogen (secondary N) is 1. The lowest BCUT2D eigenvalue weighted by Gasteiger charge is -2.39. The Morgan fingerprint density at radius 2 is 1.79 bits per heavy atom. The van der Waals surface area contributed by atoms with Crippen molar-refractivity contribution in [3.63, 3.8) is 0 Å². The third kappa shape index (κ3) is 5.71. The quantitative estimate of drug-likeness (QED) is 0.667. The van der Waals surface area contributed by atoms with Crippen molar-refractivity contribution in [1.82, 2.24) is 9.80 Å². The third-order valence-corrected chi connectivity index (χ3v) is 6.09. The van der Waals surface area contributed by atoms with Crippen LogP contribution in [0, 0.1) is 0 Å². The van der Waals surface area contributed by atoms with Crippen molar-refractivity contribution < 1.29 is 4.74 Å². The van der Waals surface area contributed by atoms with E-state index in [1.54, 1.807) is 7.11 Å². The van der Waals surface area contributed by atoms with E-state index in [0.29, 0.717) is 12.0 Å². The maximum absolute atomic E-state index is 5.89. The van der Waals surface area contributed by atoms with E-state index in [1.807, 2.05) is 12.1 Å². The molecule has 156 valence electrons. The molecule has 3 rings (SSSR count). The molecule has 4 nitrogen and oxygen atoms in total. The van der Waals surface area contributed by atoms with Crippen LogP contribution in [0.5, 0.6) is 5.75 Å². The molecule has 2 aromatic carbocycles. The van der Waals surface area contributed by atoms with Crippen LogP contribution in [0.4, 0.5) is 5.69 Å². The van der Waals surface area contributed by atoms with Crippen molar-refractivity contribution in [2.75, 3.05) is 32.6 Å². The molecule has 5 heteroatoms. The SMILES string of the molecule is COc1ccccc1CN(C(=S)Nc1ccc(C(C)C)cc1)C1CCN(C)CC1. The average molecular weight is 412 g/mol. The highest BCUT2D eigenvalue weighted by Crippen LogP contribution is 2.25. The third-order valence-electron chi connectivity index (χ3n) is 5.75. The Morgan fingerprint density at radius 1 is 1.14 bits per heavy atom. The van der Waals surface area contributed by atoms with Gasteiger partial charge in [-0.25, -0.2) is 0 Å². The van der Waals surface area contributed by atoms with Crippen molar-refractivity contribution in [3.05, 3.63) is 59.7 Å². The van der Waals surface area contributed by atoms with E-state index >= 15 is 0 Å². The Kier molecular flexibility index (Phi) is 7.51. The molecule has 29 heavy (non-hydrogen) atoms. The number of para-hydroxylation sites is 1. The van der Waals surface area contributed by atoms with Crippen LogP contribution in [0.3, 0.4) is 0 Å². The minimum Gasteiger partial charge on any atom is -0.496 e. The molecule has 1 aliphatic rings. The topological polar surface area (TPSA) is 27.7 Å². The number of nitrogens with zero attached hydrogens (tertiary/aromatic N) is 2. The molecule has 2 aromatic rings. The van der Waals surface area contributed by atoms with Gasteiger partial charge in [-0.05, 0) is 74.9 Å². The maximum Gasteiger partial charge on any atom is 0.173 e. The summed E-state index contributed by atoms with van der Waals surface area (Å²) in [7, 11) is 3.92. The van der Waals surface area contributed by atoms with Crippen LogP contribution in [-0.4, -0.2) is 48.2 Å². The summed E-state index contributed by atoms with van der Waals surface area (Å²) in [5, 5.41) is 4.26. The minimum atomic E-state index is 0.422. The number of ether oxygens (including phenoxy) is 1. The molecule has 0 radical (unpaired) electrons. The van der Waals surface area contributed by atoms with Crippen molar-refractivity contribution in [1.29, 1.82) is 0 Å². The molecule has 0 aliphatic carbocycles. The van der Waals surface area contributed by atoms with E-state index in [1.165, 1.54) is 5.56 Å². The number of hydrogen-bond acceptors (Lipinski definition) is 3. The summed E-state index contributed by atoms with van der Waals surface area (Å²) in [4.78, 5) is 4.73. The summed E-state index contributed by atoms with van der Waals surface area (Å²) in [5.41, 5.74) is 3.54. The van der Waals surface area contributed by atoms with Gasteiger partial charge in [-0.3, -0.25) is 0 Å². The Morgan fingerprint density at radius 3 is 2.41 bits per heavy atom. The zero-order chi connectivity index (χ0) is 20.8. The van der Waals surface area contributed by atoms with Crippen LogP contribution in [0.25, 0.3) is 0 Å². The van der Waals surface area contributed by atoms with Gasteiger partial charge in [-0.15, -0.1) is 0 Å². The van der Waals surface area contributed by atoms with Gasteiger partial charge < -0.3 is 19.9 Å². The summed E-state index contributed by atoms with van der Waals surface area (Å²) in [6.07, 6.45) is 2.22. The first kappa shape index (κ1) is 21.6. The molecule has 0 amide bonds. The summed E-state index contributed by atoms with van der Waals surface area (Å²) in [5.74, 6) is 1.44. The Balaban J connectivity index is 1.78.